The van der Waals surface area contributed by atoms with Crippen LogP contribution in [0.3, 0.4) is 0 Å². The van der Waals surface area contributed by atoms with Crippen LogP contribution >= 0.6 is 0 Å². The van der Waals surface area contributed by atoms with Crippen molar-refractivity contribution in [3.05, 3.63) is 29.8 Å². The molecule has 0 saturated heterocycles. The highest BCUT2D eigenvalue weighted by atomic mass is 32.2. The Morgan fingerprint density at radius 2 is 1.53 bits per heavy atom. The molecule has 0 bridgehead atoms. The van der Waals surface area contributed by atoms with Gasteiger partial charge in [-0.1, -0.05) is 56.2 Å². The molecule has 0 aromatic heterocycles. The summed E-state index contributed by atoms with van der Waals surface area (Å²) in [4.78, 5) is 40.3. The molecule has 34 heavy (non-hydrogen) atoms. The molecule has 0 unspecified atom stereocenters. The summed E-state index contributed by atoms with van der Waals surface area (Å²) >= 11 is 0. The summed E-state index contributed by atoms with van der Waals surface area (Å²) in [6, 6.07) is 6.89. The monoisotopic (exact) mass is 489 g/mol. The number of carbonyl (C=O) groups excluding carboxylic acids is 3. The minimum atomic E-state index is -1.65. The molecule has 8 heteroatoms. The molecule has 2 aliphatic carbocycles. The van der Waals surface area contributed by atoms with E-state index in [2.05, 4.69) is 10.6 Å². The van der Waals surface area contributed by atoms with Crippen molar-refractivity contribution in [1.82, 2.24) is 10.2 Å². The van der Waals surface area contributed by atoms with E-state index in [1.807, 2.05) is 19.1 Å². The lowest BCUT2D eigenvalue weighted by Crippen LogP contribution is -2.55. The van der Waals surface area contributed by atoms with Gasteiger partial charge < -0.3 is 15.5 Å². The van der Waals surface area contributed by atoms with Gasteiger partial charge in [-0.25, -0.2) is 0 Å². The first-order valence-electron chi connectivity index (χ1n) is 12.7. The Kier molecular flexibility index (Phi) is 10.1. The van der Waals surface area contributed by atoms with Gasteiger partial charge in [0.25, 0.3) is 0 Å². The molecule has 2 aliphatic rings. The summed E-state index contributed by atoms with van der Waals surface area (Å²) in [5.74, 6) is -1.32. The summed E-state index contributed by atoms with van der Waals surface area (Å²) in [7, 11) is -1.65. The number of aryl methyl sites for hydroxylation is 1. The number of amides is 3. The van der Waals surface area contributed by atoms with E-state index in [0.29, 0.717) is 5.69 Å². The van der Waals surface area contributed by atoms with Crippen LogP contribution in [0.4, 0.5) is 5.69 Å². The average molecular weight is 490 g/mol. The predicted molar refractivity (Wildman–Crippen MR) is 136 cm³/mol. The lowest BCUT2D eigenvalue weighted by atomic mass is 9.92. The summed E-state index contributed by atoms with van der Waals surface area (Å²) in [6.07, 6.45) is 10.3. The van der Waals surface area contributed by atoms with Crippen molar-refractivity contribution in [3.63, 3.8) is 0 Å². The Morgan fingerprint density at radius 1 is 0.941 bits per heavy atom. The van der Waals surface area contributed by atoms with E-state index >= 15 is 0 Å². The SMILES string of the molecule is Cc1ccc(NC(=O)C[S@@](=O)CC(=O)N(C2CCCCC2)[C@@H](C)C(=O)NC2CCCCC2)cc1. The number of anilines is 1. The van der Waals surface area contributed by atoms with Crippen LogP contribution in [0.5, 0.6) is 0 Å². The van der Waals surface area contributed by atoms with Crippen LogP contribution in [-0.2, 0) is 25.2 Å². The third kappa shape index (κ3) is 7.93. The third-order valence-electron chi connectivity index (χ3n) is 6.92. The first-order valence-corrected chi connectivity index (χ1v) is 14.2. The van der Waals surface area contributed by atoms with E-state index in [9.17, 15) is 18.6 Å². The molecular formula is C26H39N3O4S. The van der Waals surface area contributed by atoms with Gasteiger partial charge in [0.2, 0.25) is 17.7 Å². The normalized spacial score (nSPS) is 19.1. The molecule has 3 rings (SSSR count). The molecule has 2 N–H and O–H groups in total. The van der Waals surface area contributed by atoms with Crippen molar-refractivity contribution in [1.29, 1.82) is 0 Å². The highest BCUT2D eigenvalue weighted by Gasteiger charge is 2.34. The molecular weight excluding hydrogens is 450 g/mol. The van der Waals surface area contributed by atoms with Gasteiger partial charge in [-0.05, 0) is 51.7 Å². The molecule has 3 amide bonds. The number of carbonyl (C=O) groups is 3. The van der Waals surface area contributed by atoms with Crippen molar-refractivity contribution in [2.24, 2.45) is 0 Å². The van der Waals surface area contributed by atoms with Crippen LogP contribution in [0.25, 0.3) is 0 Å². The maximum atomic E-state index is 13.3. The number of hydrogen-bond donors (Lipinski definition) is 2. The Morgan fingerprint density at radius 3 is 2.15 bits per heavy atom. The van der Waals surface area contributed by atoms with Crippen molar-refractivity contribution < 1.29 is 18.6 Å². The van der Waals surface area contributed by atoms with E-state index in [0.717, 1.165) is 63.4 Å². The van der Waals surface area contributed by atoms with Gasteiger partial charge in [0.15, 0.2) is 0 Å². The number of nitrogens with zero attached hydrogens (tertiary/aromatic N) is 1. The van der Waals surface area contributed by atoms with Crippen LogP contribution in [0.15, 0.2) is 24.3 Å². The number of benzene rings is 1. The molecule has 0 radical (unpaired) electrons. The van der Waals surface area contributed by atoms with Crippen molar-refractivity contribution in [2.75, 3.05) is 16.8 Å². The standard InChI is InChI=1S/C26H39N3O4S/c1-19-13-15-22(16-14-19)27-24(30)17-34(33)18-25(31)29(23-11-7-4-8-12-23)20(2)26(32)28-21-9-5-3-6-10-21/h13-16,20-21,23H,3-12,17-18H2,1-2H3,(H,27,30)(H,28,32)/t20-,34+/m0/s1. The molecule has 0 spiro atoms. The zero-order chi connectivity index (χ0) is 24.5. The Bertz CT molecular complexity index is 861. The Hall–Kier alpha value is -2.22. The minimum Gasteiger partial charge on any atom is -0.352 e. The summed E-state index contributed by atoms with van der Waals surface area (Å²) in [6.45, 7) is 3.73. The van der Waals surface area contributed by atoms with E-state index in [1.165, 1.54) is 6.42 Å². The average Bonchev–Trinajstić information content (AvgIpc) is 2.81. The van der Waals surface area contributed by atoms with Crippen LogP contribution in [0.1, 0.15) is 76.7 Å². The van der Waals surface area contributed by atoms with E-state index in [1.54, 1.807) is 24.0 Å². The van der Waals surface area contributed by atoms with Crippen LogP contribution < -0.4 is 10.6 Å². The summed E-state index contributed by atoms with van der Waals surface area (Å²) in [5.41, 5.74) is 1.72. The number of rotatable bonds is 9. The maximum Gasteiger partial charge on any atom is 0.242 e. The third-order valence-corrected chi connectivity index (χ3v) is 8.07. The highest BCUT2D eigenvalue weighted by molar-refractivity contribution is 7.86. The van der Waals surface area contributed by atoms with Gasteiger partial charge >= 0.3 is 0 Å². The second kappa shape index (κ2) is 13.0. The molecule has 188 valence electrons. The first kappa shape index (κ1) is 26.4. The fourth-order valence-corrected chi connectivity index (χ4v) is 5.92. The fraction of sp³-hybridized carbons (Fsp3) is 0.654. The smallest absolute Gasteiger partial charge is 0.242 e. The number of hydrogen-bond acceptors (Lipinski definition) is 4. The minimum absolute atomic E-state index is 0.0215. The van der Waals surface area contributed by atoms with Crippen molar-refractivity contribution >= 4 is 34.2 Å². The topological polar surface area (TPSA) is 95.6 Å². The van der Waals surface area contributed by atoms with E-state index < -0.39 is 16.8 Å². The molecule has 1 aromatic carbocycles. The zero-order valence-corrected chi connectivity index (χ0v) is 21.3. The molecule has 2 saturated carbocycles. The lowest BCUT2D eigenvalue weighted by molar-refractivity contribution is -0.141. The molecule has 7 nitrogen and oxygen atoms in total. The maximum absolute atomic E-state index is 13.3. The van der Waals surface area contributed by atoms with Gasteiger partial charge in [-0.3, -0.25) is 18.6 Å². The second-order valence-corrected chi connectivity index (χ2v) is 11.2. The van der Waals surface area contributed by atoms with Gasteiger partial charge in [-0.15, -0.1) is 0 Å². The summed E-state index contributed by atoms with van der Waals surface area (Å²) < 4.78 is 12.7. The molecule has 0 heterocycles. The summed E-state index contributed by atoms with van der Waals surface area (Å²) in [5, 5.41) is 5.87. The van der Waals surface area contributed by atoms with Crippen LogP contribution in [0.2, 0.25) is 0 Å². The van der Waals surface area contributed by atoms with Crippen molar-refractivity contribution in [2.45, 2.75) is 96.2 Å². The van der Waals surface area contributed by atoms with Crippen LogP contribution in [-0.4, -0.2) is 56.5 Å². The molecule has 2 atom stereocenters. The molecule has 1 aromatic rings. The molecule has 2 fully saturated rings. The highest BCUT2D eigenvalue weighted by Crippen LogP contribution is 2.25. The van der Waals surface area contributed by atoms with Gasteiger partial charge in [0.1, 0.15) is 17.5 Å². The van der Waals surface area contributed by atoms with Gasteiger partial charge in [0.05, 0.1) is 0 Å². The lowest BCUT2D eigenvalue weighted by Gasteiger charge is -2.38. The van der Waals surface area contributed by atoms with Crippen LogP contribution in [0, 0.1) is 6.92 Å². The van der Waals surface area contributed by atoms with Gasteiger partial charge in [-0.2, -0.15) is 0 Å². The predicted octanol–water partition coefficient (Wildman–Crippen LogP) is 3.68. The Balaban J connectivity index is 1.59. The van der Waals surface area contributed by atoms with E-state index in [4.69, 9.17) is 0 Å². The largest absolute Gasteiger partial charge is 0.352 e. The Labute approximate surface area is 205 Å². The van der Waals surface area contributed by atoms with Crippen molar-refractivity contribution in [3.8, 4) is 0 Å². The fourth-order valence-electron chi connectivity index (χ4n) is 5.03. The molecule has 0 aliphatic heterocycles. The first-order chi connectivity index (χ1) is 16.3. The van der Waals surface area contributed by atoms with E-state index in [-0.39, 0.29) is 41.3 Å². The van der Waals surface area contributed by atoms with Gasteiger partial charge in [0, 0.05) is 28.6 Å². The zero-order valence-electron chi connectivity index (χ0n) is 20.5. The second-order valence-electron chi connectivity index (χ2n) is 9.76. The quantitative estimate of drug-likeness (QED) is 0.553. The number of nitrogens with one attached hydrogen (secondary N) is 2.